The highest BCUT2D eigenvalue weighted by atomic mass is 16.1. The first-order valence-corrected chi connectivity index (χ1v) is 5.01. The fourth-order valence-corrected chi connectivity index (χ4v) is 1.69. The molecule has 5 nitrogen and oxygen atoms in total. The minimum Gasteiger partial charge on any atom is -0.368 e. The molecule has 1 aromatic rings. The summed E-state index contributed by atoms with van der Waals surface area (Å²) in [5.74, 6) is -0.237. The lowest BCUT2D eigenvalue weighted by Crippen LogP contribution is -2.32. The van der Waals surface area contributed by atoms with E-state index in [0.29, 0.717) is 0 Å². The molecule has 0 saturated heterocycles. The van der Waals surface area contributed by atoms with E-state index < -0.39 is 0 Å². The average molecular weight is 210 g/mol. The highest BCUT2D eigenvalue weighted by Crippen LogP contribution is 2.21. The Kier molecular flexibility index (Phi) is 3.47. The number of primary amides is 1. The van der Waals surface area contributed by atoms with E-state index in [4.69, 9.17) is 11.5 Å². The lowest BCUT2D eigenvalue weighted by Gasteiger charge is -2.22. The Balaban J connectivity index is 3.11. The Morgan fingerprint density at radius 1 is 1.47 bits per heavy atom. The lowest BCUT2D eigenvalue weighted by atomic mass is 10.0. The maximum Gasteiger partial charge on any atom is 0.240 e. The molecule has 0 bridgehead atoms. The zero-order valence-corrected chi connectivity index (χ0v) is 9.34. The highest BCUT2D eigenvalue weighted by Gasteiger charge is 2.24. The zero-order valence-electron chi connectivity index (χ0n) is 9.34. The Bertz CT molecular complexity index is 343. The van der Waals surface area contributed by atoms with Gasteiger partial charge in [-0.05, 0) is 12.8 Å². The Morgan fingerprint density at radius 3 is 2.47 bits per heavy atom. The number of amides is 1. The predicted octanol–water partition coefficient (Wildman–Crippen LogP) is 0.585. The van der Waals surface area contributed by atoms with Crippen LogP contribution in [0.5, 0.6) is 0 Å². The van der Waals surface area contributed by atoms with Crippen LogP contribution in [0.1, 0.15) is 38.5 Å². The number of nitrogens with two attached hydrogens (primary N) is 2. The van der Waals surface area contributed by atoms with Gasteiger partial charge in [-0.15, -0.1) is 0 Å². The smallest absolute Gasteiger partial charge is 0.240 e. The summed E-state index contributed by atoms with van der Waals surface area (Å²) < 4.78 is 1.76. The van der Waals surface area contributed by atoms with E-state index in [1.54, 1.807) is 17.1 Å². The molecule has 1 aromatic heterocycles. The summed E-state index contributed by atoms with van der Waals surface area (Å²) in [7, 11) is 0. The molecule has 0 fully saturated rings. The summed E-state index contributed by atoms with van der Waals surface area (Å²) in [4.78, 5) is 15.4. The third-order valence-corrected chi connectivity index (χ3v) is 2.39. The van der Waals surface area contributed by atoms with Gasteiger partial charge in [0.25, 0.3) is 0 Å². The maximum absolute atomic E-state index is 11.3. The molecule has 0 aliphatic rings. The van der Waals surface area contributed by atoms with Crippen LogP contribution < -0.4 is 11.5 Å². The summed E-state index contributed by atoms with van der Waals surface area (Å²) in [6.45, 7) is 5.74. The van der Waals surface area contributed by atoms with E-state index in [1.807, 2.05) is 20.8 Å². The van der Waals surface area contributed by atoms with Gasteiger partial charge in [-0.3, -0.25) is 4.79 Å². The van der Waals surface area contributed by atoms with Crippen molar-refractivity contribution in [2.24, 2.45) is 17.4 Å². The Morgan fingerprint density at radius 2 is 2.07 bits per heavy atom. The molecule has 1 rings (SSSR count). The molecule has 0 aliphatic carbocycles. The number of hydrogen-bond donors (Lipinski definition) is 2. The fraction of sp³-hybridized carbons (Fsp3) is 0.600. The van der Waals surface area contributed by atoms with Crippen molar-refractivity contribution >= 4 is 5.91 Å². The summed E-state index contributed by atoms with van der Waals surface area (Å²) >= 11 is 0. The molecule has 84 valence electrons. The van der Waals surface area contributed by atoms with Gasteiger partial charge in [0.2, 0.25) is 5.91 Å². The third kappa shape index (κ3) is 2.36. The van der Waals surface area contributed by atoms with E-state index in [1.165, 1.54) is 0 Å². The number of imidazole rings is 1. The summed E-state index contributed by atoms with van der Waals surface area (Å²) in [5, 5.41) is 0. The molecule has 0 saturated carbocycles. The number of carbonyl (C=O) groups is 1. The number of rotatable bonds is 4. The minimum absolute atomic E-state index is 0.120. The summed E-state index contributed by atoms with van der Waals surface area (Å²) in [5.41, 5.74) is 12.0. The van der Waals surface area contributed by atoms with Crippen LogP contribution in [0.3, 0.4) is 0 Å². The SMILES string of the molecule is CC(C)C(C(N)=O)n1cncc1[C@@H](C)N. The quantitative estimate of drug-likeness (QED) is 0.762. The second kappa shape index (κ2) is 4.44. The number of hydrogen-bond acceptors (Lipinski definition) is 3. The van der Waals surface area contributed by atoms with E-state index in [-0.39, 0.29) is 23.9 Å². The van der Waals surface area contributed by atoms with Crippen LogP contribution in [0.25, 0.3) is 0 Å². The van der Waals surface area contributed by atoms with Crippen LogP contribution in [0, 0.1) is 5.92 Å². The van der Waals surface area contributed by atoms with Gasteiger partial charge in [0.1, 0.15) is 6.04 Å². The van der Waals surface area contributed by atoms with Crippen LogP contribution >= 0.6 is 0 Å². The van der Waals surface area contributed by atoms with Gasteiger partial charge in [0, 0.05) is 12.2 Å². The van der Waals surface area contributed by atoms with Crippen LogP contribution in [-0.4, -0.2) is 15.5 Å². The summed E-state index contributed by atoms with van der Waals surface area (Å²) in [6, 6.07) is -0.540. The van der Waals surface area contributed by atoms with Gasteiger partial charge in [-0.1, -0.05) is 13.8 Å². The van der Waals surface area contributed by atoms with Gasteiger partial charge >= 0.3 is 0 Å². The van der Waals surface area contributed by atoms with E-state index >= 15 is 0 Å². The first-order valence-electron chi connectivity index (χ1n) is 5.01. The first-order chi connectivity index (χ1) is 6.95. The molecule has 15 heavy (non-hydrogen) atoms. The molecule has 5 heteroatoms. The minimum atomic E-state index is -0.381. The Hall–Kier alpha value is -1.36. The third-order valence-electron chi connectivity index (χ3n) is 2.39. The van der Waals surface area contributed by atoms with Crippen molar-refractivity contribution in [2.45, 2.75) is 32.9 Å². The van der Waals surface area contributed by atoms with Crippen molar-refractivity contribution in [2.75, 3.05) is 0 Å². The molecule has 0 spiro atoms. The largest absolute Gasteiger partial charge is 0.368 e. The molecule has 0 aromatic carbocycles. The first kappa shape index (κ1) is 11.7. The van der Waals surface area contributed by atoms with E-state index in [9.17, 15) is 4.79 Å². The molecular formula is C10H18N4O. The molecule has 2 atom stereocenters. The topological polar surface area (TPSA) is 86.9 Å². The predicted molar refractivity (Wildman–Crippen MR) is 57.9 cm³/mol. The van der Waals surface area contributed by atoms with Crippen LogP contribution in [0.2, 0.25) is 0 Å². The van der Waals surface area contributed by atoms with E-state index in [0.717, 1.165) is 5.69 Å². The molecular weight excluding hydrogens is 192 g/mol. The van der Waals surface area contributed by atoms with Gasteiger partial charge in [0.15, 0.2) is 0 Å². The zero-order chi connectivity index (χ0) is 11.6. The van der Waals surface area contributed by atoms with Crippen molar-refractivity contribution in [3.8, 4) is 0 Å². The molecule has 0 radical (unpaired) electrons. The fourth-order valence-electron chi connectivity index (χ4n) is 1.69. The van der Waals surface area contributed by atoms with Gasteiger partial charge in [0.05, 0.1) is 12.0 Å². The van der Waals surface area contributed by atoms with Gasteiger partial charge in [-0.2, -0.15) is 0 Å². The van der Waals surface area contributed by atoms with Crippen LogP contribution in [0.4, 0.5) is 0 Å². The average Bonchev–Trinajstić information content (AvgIpc) is 2.51. The van der Waals surface area contributed by atoms with Crippen molar-refractivity contribution < 1.29 is 4.79 Å². The molecule has 4 N–H and O–H groups in total. The normalized spacial score (nSPS) is 15.3. The number of aromatic nitrogens is 2. The van der Waals surface area contributed by atoms with Crippen molar-refractivity contribution in [3.63, 3.8) is 0 Å². The van der Waals surface area contributed by atoms with Gasteiger partial charge < -0.3 is 16.0 Å². The van der Waals surface area contributed by atoms with Crippen molar-refractivity contribution in [3.05, 3.63) is 18.2 Å². The monoisotopic (exact) mass is 210 g/mol. The number of nitrogens with zero attached hydrogens (tertiary/aromatic N) is 2. The molecule has 1 heterocycles. The molecule has 1 amide bonds. The van der Waals surface area contributed by atoms with Crippen molar-refractivity contribution in [1.29, 1.82) is 0 Å². The van der Waals surface area contributed by atoms with E-state index in [2.05, 4.69) is 4.98 Å². The lowest BCUT2D eigenvalue weighted by molar-refractivity contribution is -0.122. The Labute approximate surface area is 89.5 Å². The summed E-state index contributed by atoms with van der Waals surface area (Å²) in [6.07, 6.45) is 3.27. The molecule has 1 unspecified atom stereocenters. The van der Waals surface area contributed by atoms with Gasteiger partial charge in [-0.25, -0.2) is 4.98 Å². The number of carbonyl (C=O) groups excluding carboxylic acids is 1. The highest BCUT2D eigenvalue weighted by molar-refractivity contribution is 5.78. The second-order valence-corrected chi connectivity index (χ2v) is 4.11. The van der Waals surface area contributed by atoms with Crippen LogP contribution in [-0.2, 0) is 4.79 Å². The molecule has 0 aliphatic heterocycles. The van der Waals surface area contributed by atoms with Crippen molar-refractivity contribution in [1.82, 2.24) is 9.55 Å². The second-order valence-electron chi connectivity index (χ2n) is 4.11. The maximum atomic E-state index is 11.3. The van der Waals surface area contributed by atoms with Crippen LogP contribution in [0.15, 0.2) is 12.5 Å². The standard InChI is InChI=1S/C10H18N4O/c1-6(2)9(10(12)15)14-5-13-4-8(14)7(3)11/h4-7,9H,11H2,1-3H3,(H2,12,15)/t7-,9?/m1/s1.